The van der Waals surface area contributed by atoms with E-state index in [1.807, 2.05) is 0 Å². The van der Waals surface area contributed by atoms with Gasteiger partial charge < -0.3 is 10.6 Å². The molecule has 0 saturated carbocycles. The van der Waals surface area contributed by atoms with E-state index in [0.717, 1.165) is 32.6 Å². The average molecular weight is 289 g/mol. The summed E-state index contributed by atoms with van der Waals surface area (Å²) in [7, 11) is 2.18. The first kappa shape index (κ1) is 16.5. The molecule has 1 aliphatic rings. The lowest BCUT2D eigenvalue weighted by molar-refractivity contribution is 0.0546. The second-order valence-electron chi connectivity index (χ2n) is 7.77. The van der Waals surface area contributed by atoms with Crippen LogP contribution >= 0.6 is 0 Å². The highest BCUT2D eigenvalue weighted by Crippen LogP contribution is 2.24. The van der Waals surface area contributed by atoms with E-state index < -0.39 is 0 Å². The van der Waals surface area contributed by atoms with Crippen molar-refractivity contribution < 1.29 is 0 Å². The molecule has 0 amide bonds. The van der Waals surface area contributed by atoms with Gasteiger partial charge in [0.1, 0.15) is 0 Å². The molecule has 1 fully saturated rings. The molecular weight excluding hydrogens is 258 g/mol. The van der Waals surface area contributed by atoms with Gasteiger partial charge in [0, 0.05) is 32.6 Å². The van der Waals surface area contributed by atoms with Gasteiger partial charge in [-0.25, -0.2) is 0 Å². The van der Waals surface area contributed by atoms with Gasteiger partial charge >= 0.3 is 0 Å². The summed E-state index contributed by atoms with van der Waals surface area (Å²) in [5.74, 6) is 0. The van der Waals surface area contributed by atoms with E-state index in [1.165, 1.54) is 11.1 Å². The fraction of sp³-hybridized carbons (Fsp3) is 0.667. The minimum Gasteiger partial charge on any atom is -0.313 e. The van der Waals surface area contributed by atoms with E-state index in [1.54, 1.807) is 0 Å². The zero-order chi connectivity index (χ0) is 15.7. The molecule has 0 bridgehead atoms. The summed E-state index contributed by atoms with van der Waals surface area (Å²) in [6, 6.07) is 8.97. The zero-order valence-electron chi connectivity index (χ0n) is 14.3. The summed E-state index contributed by atoms with van der Waals surface area (Å²) < 4.78 is 0. The molecule has 3 nitrogen and oxygen atoms in total. The maximum Gasteiger partial charge on any atom is 0.0700 e. The molecule has 1 atom stereocenters. The van der Waals surface area contributed by atoms with Crippen molar-refractivity contribution in [3.63, 3.8) is 0 Å². The topological polar surface area (TPSA) is 32.5 Å². The number of hydrogen-bond donors (Lipinski definition) is 1. The van der Waals surface area contributed by atoms with Crippen LogP contribution in [0.15, 0.2) is 24.3 Å². The van der Waals surface area contributed by atoms with Gasteiger partial charge in [0.15, 0.2) is 0 Å². The Morgan fingerprint density at radius 2 is 1.48 bits per heavy atom. The predicted octanol–water partition coefficient (Wildman–Crippen LogP) is 2.45. The van der Waals surface area contributed by atoms with Gasteiger partial charge in [0.05, 0.1) is 5.66 Å². The third kappa shape index (κ3) is 4.29. The minimum absolute atomic E-state index is 0.210. The number of rotatable bonds is 3. The van der Waals surface area contributed by atoms with Gasteiger partial charge in [-0.15, -0.1) is 0 Å². The SMILES string of the molecule is CN1CCN(C(C)(N)Cc2ccc(C(C)(C)C)cc2)CC1. The Bertz CT molecular complexity index is 448. The molecule has 21 heavy (non-hydrogen) atoms. The Labute approximate surface area is 130 Å². The van der Waals surface area contributed by atoms with E-state index in [4.69, 9.17) is 5.73 Å². The van der Waals surface area contributed by atoms with Crippen LogP contribution in [0.4, 0.5) is 0 Å². The van der Waals surface area contributed by atoms with E-state index in [9.17, 15) is 0 Å². The average Bonchev–Trinajstić information content (AvgIpc) is 2.38. The van der Waals surface area contributed by atoms with Gasteiger partial charge in [0.2, 0.25) is 0 Å². The summed E-state index contributed by atoms with van der Waals surface area (Å²) in [4.78, 5) is 4.79. The van der Waals surface area contributed by atoms with Crippen molar-refractivity contribution in [3.8, 4) is 0 Å². The second-order valence-corrected chi connectivity index (χ2v) is 7.77. The van der Waals surface area contributed by atoms with Crippen LogP contribution < -0.4 is 5.73 Å². The lowest BCUT2D eigenvalue weighted by atomic mass is 9.86. The summed E-state index contributed by atoms with van der Waals surface area (Å²) in [5.41, 5.74) is 9.26. The van der Waals surface area contributed by atoms with Crippen LogP contribution in [0.2, 0.25) is 0 Å². The highest BCUT2D eigenvalue weighted by molar-refractivity contribution is 5.28. The molecule has 2 rings (SSSR count). The highest BCUT2D eigenvalue weighted by atomic mass is 15.3. The zero-order valence-corrected chi connectivity index (χ0v) is 14.3. The predicted molar refractivity (Wildman–Crippen MR) is 90.5 cm³/mol. The first-order valence-electron chi connectivity index (χ1n) is 8.00. The summed E-state index contributed by atoms with van der Waals surface area (Å²) in [6.45, 7) is 13.2. The van der Waals surface area contributed by atoms with E-state index in [-0.39, 0.29) is 11.1 Å². The lowest BCUT2D eigenvalue weighted by Gasteiger charge is -2.43. The Morgan fingerprint density at radius 3 is 1.95 bits per heavy atom. The quantitative estimate of drug-likeness (QED) is 0.928. The highest BCUT2D eigenvalue weighted by Gasteiger charge is 2.29. The standard InChI is InChI=1S/C18H31N3/c1-17(2,3)16-8-6-15(7-9-16)14-18(4,19)21-12-10-20(5)11-13-21/h6-9H,10-14,19H2,1-5H3. The summed E-state index contributed by atoms with van der Waals surface area (Å²) in [6.07, 6.45) is 0.904. The van der Waals surface area contributed by atoms with Crippen LogP contribution in [0.1, 0.15) is 38.8 Å². The van der Waals surface area contributed by atoms with Crippen LogP contribution in [-0.4, -0.2) is 48.7 Å². The third-order valence-electron chi connectivity index (χ3n) is 4.61. The fourth-order valence-electron chi connectivity index (χ4n) is 2.96. The molecule has 1 aromatic rings. The number of likely N-dealkylation sites (N-methyl/N-ethyl adjacent to an activating group) is 1. The molecule has 1 aliphatic heterocycles. The van der Waals surface area contributed by atoms with Crippen LogP contribution in [0, 0.1) is 0 Å². The number of nitrogens with two attached hydrogens (primary N) is 1. The fourth-order valence-corrected chi connectivity index (χ4v) is 2.96. The first-order chi connectivity index (χ1) is 9.68. The Balaban J connectivity index is 2.03. The molecule has 1 heterocycles. The van der Waals surface area contributed by atoms with Crippen LogP contribution in [0.5, 0.6) is 0 Å². The largest absolute Gasteiger partial charge is 0.313 e. The maximum atomic E-state index is 6.60. The van der Waals surface area contributed by atoms with Crippen molar-refractivity contribution in [2.75, 3.05) is 33.2 Å². The monoisotopic (exact) mass is 289 g/mol. The van der Waals surface area contributed by atoms with Crippen LogP contribution in [0.3, 0.4) is 0 Å². The molecule has 3 heteroatoms. The van der Waals surface area contributed by atoms with Crippen molar-refractivity contribution in [1.82, 2.24) is 9.80 Å². The minimum atomic E-state index is -0.259. The Hall–Kier alpha value is -0.900. The summed E-state index contributed by atoms with van der Waals surface area (Å²) >= 11 is 0. The van der Waals surface area contributed by atoms with Crippen molar-refractivity contribution in [2.45, 2.75) is 45.2 Å². The first-order valence-corrected chi connectivity index (χ1v) is 8.00. The normalized spacial score (nSPS) is 21.2. The van der Waals surface area contributed by atoms with E-state index in [0.29, 0.717) is 0 Å². The molecule has 118 valence electrons. The molecule has 0 radical (unpaired) electrons. The molecule has 2 N–H and O–H groups in total. The maximum absolute atomic E-state index is 6.60. The lowest BCUT2D eigenvalue weighted by Crippen LogP contribution is -2.60. The molecule has 1 aromatic carbocycles. The number of piperazine rings is 1. The van der Waals surface area contributed by atoms with Gasteiger partial charge in [-0.3, -0.25) is 4.90 Å². The number of nitrogens with zero attached hydrogens (tertiary/aromatic N) is 2. The number of benzene rings is 1. The van der Waals surface area contributed by atoms with Gasteiger partial charge in [-0.1, -0.05) is 45.0 Å². The molecule has 0 aromatic heterocycles. The van der Waals surface area contributed by atoms with Crippen molar-refractivity contribution in [1.29, 1.82) is 0 Å². The Kier molecular flexibility index (Phi) is 4.76. The van der Waals surface area contributed by atoms with Gasteiger partial charge in [-0.05, 0) is 30.5 Å². The van der Waals surface area contributed by atoms with E-state index >= 15 is 0 Å². The van der Waals surface area contributed by atoms with Gasteiger partial charge in [0.25, 0.3) is 0 Å². The third-order valence-corrected chi connectivity index (χ3v) is 4.61. The second kappa shape index (κ2) is 6.07. The van der Waals surface area contributed by atoms with Crippen molar-refractivity contribution in [3.05, 3.63) is 35.4 Å². The molecule has 0 aliphatic carbocycles. The molecule has 1 saturated heterocycles. The Morgan fingerprint density at radius 1 is 0.952 bits per heavy atom. The molecule has 1 unspecified atom stereocenters. The van der Waals surface area contributed by atoms with Crippen LogP contribution in [-0.2, 0) is 11.8 Å². The molecular formula is C18H31N3. The van der Waals surface area contributed by atoms with E-state index in [2.05, 4.69) is 68.8 Å². The smallest absolute Gasteiger partial charge is 0.0700 e. The molecule has 0 spiro atoms. The number of hydrogen-bond acceptors (Lipinski definition) is 3. The van der Waals surface area contributed by atoms with Crippen molar-refractivity contribution in [2.24, 2.45) is 5.73 Å². The van der Waals surface area contributed by atoms with Gasteiger partial charge in [-0.2, -0.15) is 0 Å². The summed E-state index contributed by atoms with van der Waals surface area (Å²) in [5, 5.41) is 0. The van der Waals surface area contributed by atoms with Crippen LogP contribution in [0.25, 0.3) is 0 Å². The van der Waals surface area contributed by atoms with Crippen molar-refractivity contribution >= 4 is 0 Å².